The van der Waals surface area contributed by atoms with E-state index in [0.717, 1.165) is 32.5 Å². The highest BCUT2D eigenvalue weighted by Crippen LogP contribution is 2.23. The van der Waals surface area contributed by atoms with E-state index in [0.29, 0.717) is 12.1 Å². The second kappa shape index (κ2) is 8.41. The van der Waals surface area contributed by atoms with Gasteiger partial charge in [-0.25, -0.2) is 0 Å². The van der Waals surface area contributed by atoms with Crippen molar-refractivity contribution in [2.45, 2.75) is 65.4 Å². The Labute approximate surface area is 118 Å². The molecule has 1 aliphatic rings. The standard InChI is InChI=1S/C15H31N3O/c1-4-5-6-9-15(2,3)12-18-14(16)17-11-13-8-7-10-19-13/h13H,4-12H2,1-3H3,(H3,16,17,18). The van der Waals surface area contributed by atoms with Gasteiger partial charge in [0.25, 0.3) is 0 Å². The van der Waals surface area contributed by atoms with Crippen molar-refractivity contribution >= 4 is 5.96 Å². The van der Waals surface area contributed by atoms with E-state index in [1.54, 1.807) is 0 Å². The lowest BCUT2D eigenvalue weighted by Crippen LogP contribution is -2.38. The van der Waals surface area contributed by atoms with Crippen LogP contribution in [0.3, 0.4) is 0 Å². The second-order valence-electron chi connectivity index (χ2n) is 6.34. The van der Waals surface area contributed by atoms with Crippen LogP contribution in [-0.2, 0) is 4.74 Å². The fourth-order valence-corrected chi connectivity index (χ4v) is 2.31. The first-order valence-electron chi connectivity index (χ1n) is 7.69. The van der Waals surface area contributed by atoms with Gasteiger partial charge in [-0.15, -0.1) is 0 Å². The van der Waals surface area contributed by atoms with Crippen molar-refractivity contribution in [1.29, 1.82) is 0 Å². The summed E-state index contributed by atoms with van der Waals surface area (Å²) in [6.07, 6.45) is 7.67. The second-order valence-corrected chi connectivity index (χ2v) is 6.34. The Balaban J connectivity index is 2.20. The fourth-order valence-electron chi connectivity index (χ4n) is 2.31. The zero-order valence-corrected chi connectivity index (χ0v) is 12.9. The maximum atomic E-state index is 5.90. The van der Waals surface area contributed by atoms with Crippen LogP contribution < -0.4 is 11.1 Å². The molecule has 0 radical (unpaired) electrons. The number of rotatable bonds is 8. The summed E-state index contributed by atoms with van der Waals surface area (Å²) in [6, 6.07) is 0. The van der Waals surface area contributed by atoms with Crippen molar-refractivity contribution in [2.24, 2.45) is 16.1 Å². The van der Waals surface area contributed by atoms with Gasteiger partial charge in [0.05, 0.1) is 6.10 Å². The van der Waals surface area contributed by atoms with Crippen molar-refractivity contribution in [2.75, 3.05) is 19.7 Å². The number of hydrogen-bond acceptors (Lipinski definition) is 2. The van der Waals surface area contributed by atoms with Gasteiger partial charge in [-0.3, -0.25) is 4.99 Å². The molecule has 1 unspecified atom stereocenters. The highest BCUT2D eigenvalue weighted by molar-refractivity contribution is 5.77. The summed E-state index contributed by atoms with van der Waals surface area (Å²) in [4.78, 5) is 4.46. The number of guanidine groups is 1. The minimum absolute atomic E-state index is 0.241. The van der Waals surface area contributed by atoms with Gasteiger partial charge < -0.3 is 15.8 Å². The SMILES string of the molecule is CCCCCC(C)(C)CN=C(N)NCC1CCCO1. The molecule has 0 aromatic rings. The summed E-state index contributed by atoms with van der Waals surface area (Å²) < 4.78 is 5.54. The predicted octanol–water partition coefficient (Wildman–Crippen LogP) is 2.68. The molecule has 1 atom stereocenters. The van der Waals surface area contributed by atoms with E-state index in [-0.39, 0.29) is 5.41 Å². The molecule has 0 aromatic heterocycles. The molecule has 0 amide bonds. The summed E-state index contributed by atoms with van der Waals surface area (Å²) in [7, 11) is 0. The van der Waals surface area contributed by atoms with Gasteiger partial charge in [0.1, 0.15) is 0 Å². The molecule has 0 aliphatic carbocycles. The Morgan fingerprint density at radius 2 is 2.21 bits per heavy atom. The third kappa shape index (κ3) is 7.41. The molecule has 0 spiro atoms. The molecule has 4 nitrogen and oxygen atoms in total. The largest absolute Gasteiger partial charge is 0.376 e. The van der Waals surface area contributed by atoms with Gasteiger partial charge in [-0.05, 0) is 24.7 Å². The summed E-state index contributed by atoms with van der Waals surface area (Å²) in [5.41, 5.74) is 6.14. The van der Waals surface area contributed by atoms with Gasteiger partial charge in [0.15, 0.2) is 5.96 Å². The zero-order chi connectivity index (χ0) is 14.1. The van der Waals surface area contributed by atoms with E-state index >= 15 is 0 Å². The summed E-state index contributed by atoms with van der Waals surface area (Å²) in [5.74, 6) is 0.555. The third-order valence-corrected chi connectivity index (χ3v) is 3.67. The highest BCUT2D eigenvalue weighted by atomic mass is 16.5. The number of nitrogens with one attached hydrogen (secondary N) is 1. The van der Waals surface area contributed by atoms with Crippen LogP contribution in [0.2, 0.25) is 0 Å². The average molecular weight is 269 g/mol. The Bertz CT molecular complexity index is 271. The molecule has 4 heteroatoms. The maximum Gasteiger partial charge on any atom is 0.188 e. The monoisotopic (exact) mass is 269 g/mol. The summed E-state index contributed by atoms with van der Waals surface area (Å²) >= 11 is 0. The fraction of sp³-hybridized carbons (Fsp3) is 0.933. The van der Waals surface area contributed by atoms with Gasteiger partial charge in [-0.2, -0.15) is 0 Å². The molecule has 1 aliphatic heterocycles. The molecule has 1 fully saturated rings. The van der Waals surface area contributed by atoms with Crippen LogP contribution in [-0.4, -0.2) is 31.8 Å². The molecule has 1 heterocycles. The van der Waals surface area contributed by atoms with Crippen molar-refractivity contribution in [3.05, 3.63) is 0 Å². The third-order valence-electron chi connectivity index (χ3n) is 3.67. The molecule has 19 heavy (non-hydrogen) atoms. The van der Waals surface area contributed by atoms with E-state index in [4.69, 9.17) is 10.5 Å². The lowest BCUT2D eigenvalue weighted by atomic mass is 9.87. The predicted molar refractivity (Wildman–Crippen MR) is 81.4 cm³/mol. The lowest BCUT2D eigenvalue weighted by Gasteiger charge is -2.22. The lowest BCUT2D eigenvalue weighted by molar-refractivity contribution is 0.114. The molecule has 0 saturated carbocycles. The Morgan fingerprint density at radius 1 is 1.42 bits per heavy atom. The number of unbranched alkanes of at least 4 members (excludes halogenated alkanes) is 2. The molecule has 0 bridgehead atoms. The van der Waals surface area contributed by atoms with Crippen molar-refractivity contribution in [1.82, 2.24) is 5.32 Å². The normalized spacial score (nSPS) is 20.8. The first kappa shape index (κ1) is 16.3. The molecule has 3 N–H and O–H groups in total. The Morgan fingerprint density at radius 3 is 2.84 bits per heavy atom. The molecule has 112 valence electrons. The number of hydrogen-bond donors (Lipinski definition) is 2. The zero-order valence-electron chi connectivity index (χ0n) is 12.9. The summed E-state index contributed by atoms with van der Waals surface area (Å²) in [5, 5.41) is 3.17. The van der Waals surface area contributed by atoms with Crippen LogP contribution in [0.15, 0.2) is 4.99 Å². The van der Waals surface area contributed by atoms with Crippen LogP contribution >= 0.6 is 0 Å². The van der Waals surface area contributed by atoms with E-state index in [2.05, 4.69) is 31.1 Å². The first-order chi connectivity index (χ1) is 9.03. The van der Waals surface area contributed by atoms with Gasteiger partial charge in [0.2, 0.25) is 0 Å². The smallest absolute Gasteiger partial charge is 0.188 e. The molecule has 0 aromatic carbocycles. The number of aliphatic imine (C=N–C) groups is 1. The quantitative estimate of drug-likeness (QED) is 0.404. The van der Waals surface area contributed by atoms with Gasteiger partial charge in [-0.1, -0.05) is 40.0 Å². The van der Waals surface area contributed by atoms with Crippen LogP contribution in [0.4, 0.5) is 0 Å². The van der Waals surface area contributed by atoms with Crippen molar-refractivity contribution in [3.8, 4) is 0 Å². The maximum absolute atomic E-state index is 5.90. The minimum atomic E-state index is 0.241. The van der Waals surface area contributed by atoms with Gasteiger partial charge in [0, 0.05) is 19.7 Å². The van der Waals surface area contributed by atoms with Crippen LogP contribution in [0.1, 0.15) is 59.3 Å². The molecule has 1 rings (SSSR count). The Hall–Kier alpha value is -0.770. The van der Waals surface area contributed by atoms with Crippen LogP contribution in [0.5, 0.6) is 0 Å². The number of nitrogens with zero attached hydrogens (tertiary/aromatic N) is 1. The van der Waals surface area contributed by atoms with Gasteiger partial charge >= 0.3 is 0 Å². The molecular formula is C15H31N3O. The Kier molecular flexibility index (Phi) is 7.21. The van der Waals surface area contributed by atoms with E-state index < -0.39 is 0 Å². The summed E-state index contributed by atoms with van der Waals surface area (Å²) in [6.45, 7) is 9.22. The molecular weight excluding hydrogens is 238 g/mol. The van der Waals surface area contributed by atoms with Crippen LogP contribution in [0, 0.1) is 5.41 Å². The van der Waals surface area contributed by atoms with Crippen LogP contribution in [0.25, 0.3) is 0 Å². The van der Waals surface area contributed by atoms with E-state index in [1.165, 1.54) is 25.7 Å². The molecule has 1 saturated heterocycles. The first-order valence-corrected chi connectivity index (χ1v) is 7.69. The van der Waals surface area contributed by atoms with E-state index in [1.807, 2.05) is 0 Å². The number of nitrogens with two attached hydrogens (primary N) is 1. The minimum Gasteiger partial charge on any atom is -0.376 e. The van der Waals surface area contributed by atoms with E-state index in [9.17, 15) is 0 Å². The average Bonchev–Trinajstić information content (AvgIpc) is 2.87. The highest BCUT2D eigenvalue weighted by Gasteiger charge is 2.17. The van der Waals surface area contributed by atoms with Crippen molar-refractivity contribution < 1.29 is 4.74 Å². The van der Waals surface area contributed by atoms with Crippen molar-refractivity contribution in [3.63, 3.8) is 0 Å². The topological polar surface area (TPSA) is 59.6 Å². The number of ether oxygens (including phenoxy) is 1.